The summed E-state index contributed by atoms with van der Waals surface area (Å²) in [6, 6.07) is 0. The summed E-state index contributed by atoms with van der Waals surface area (Å²) in [6.07, 6.45) is 3.79. The van der Waals surface area contributed by atoms with Gasteiger partial charge in [0, 0.05) is 34.4 Å². The van der Waals surface area contributed by atoms with Crippen molar-refractivity contribution in [1.29, 1.82) is 0 Å². The molecule has 104 valence electrons. The monoisotopic (exact) mass is 264 g/mol. The van der Waals surface area contributed by atoms with Crippen LogP contribution in [0.3, 0.4) is 0 Å². The molecule has 0 unspecified atom stereocenters. The van der Waals surface area contributed by atoms with Gasteiger partial charge in [0.15, 0.2) is 11.5 Å². The van der Waals surface area contributed by atoms with Gasteiger partial charge < -0.3 is 19.9 Å². The van der Waals surface area contributed by atoms with Gasteiger partial charge in [-0.05, 0) is 12.8 Å². The van der Waals surface area contributed by atoms with Gasteiger partial charge in [-0.15, -0.1) is 0 Å². The van der Waals surface area contributed by atoms with E-state index < -0.39 is 0 Å². The van der Waals surface area contributed by atoms with Crippen LogP contribution in [-0.4, -0.2) is 47.3 Å². The lowest BCUT2D eigenvalue weighted by atomic mass is 10.3. The zero-order chi connectivity index (χ0) is 13.8. The van der Waals surface area contributed by atoms with E-state index in [1.807, 2.05) is 23.6 Å². The van der Waals surface area contributed by atoms with E-state index in [0.717, 1.165) is 31.6 Å². The van der Waals surface area contributed by atoms with E-state index in [9.17, 15) is 0 Å². The SMILES string of the molecule is COCCCCn1cnc2c(N)nc(N(C)C)nc21. The third-order valence-electron chi connectivity index (χ3n) is 2.88. The largest absolute Gasteiger partial charge is 0.385 e. The van der Waals surface area contributed by atoms with Crippen molar-refractivity contribution in [2.45, 2.75) is 19.4 Å². The molecule has 2 aromatic heterocycles. The molecule has 0 amide bonds. The molecule has 0 aliphatic rings. The van der Waals surface area contributed by atoms with Gasteiger partial charge in [-0.1, -0.05) is 0 Å². The lowest BCUT2D eigenvalue weighted by Crippen LogP contribution is -2.14. The molecule has 0 aromatic carbocycles. The Balaban J connectivity index is 2.24. The molecule has 2 rings (SSSR count). The minimum Gasteiger partial charge on any atom is -0.385 e. The molecule has 0 atom stereocenters. The number of imidazole rings is 1. The second-order valence-electron chi connectivity index (χ2n) is 4.61. The molecule has 0 radical (unpaired) electrons. The lowest BCUT2D eigenvalue weighted by Gasteiger charge is -2.11. The van der Waals surface area contributed by atoms with Crippen LogP contribution in [0.2, 0.25) is 0 Å². The molecule has 7 nitrogen and oxygen atoms in total. The number of hydrogen-bond acceptors (Lipinski definition) is 6. The Kier molecular flexibility index (Phi) is 4.16. The summed E-state index contributed by atoms with van der Waals surface area (Å²) in [5, 5.41) is 0. The van der Waals surface area contributed by atoms with Crippen LogP contribution < -0.4 is 10.6 Å². The third kappa shape index (κ3) is 2.93. The van der Waals surface area contributed by atoms with Gasteiger partial charge in [0.05, 0.1) is 6.33 Å². The molecular formula is C12H20N6O. The Morgan fingerprint density at radius 3 is 2.79 bits per heavy atom. The summed E-state index contributed by atoms with van der Waals surface area (Å²) in [4.78, 5) is 14.8. The minimum absolute atomic E-state index is 0.421. The highest BCUT2D eigenvalue weighted by Crippen LogP contribution is 2.19. The van der Waals surface area contributed by atoms with Gasteiger partial charge in [0.1, 0.15) is 5.52 Å². The highest BCUT2D eigenvalue weighted by atomic mass is 16.5. The van der Waals surface area contributed by atoms with E-state index >= 15 is 0 Å². The third-order valence-corrected chi connectivity index (χ3v) is 2.88. The predicted molar refractivity (Wildman–Crippen MR) is 75.2 cm³/mol. The summed E-state index contributed by atoms with van der Waals surface area (Å²) in [5.74, 6) is 1.02. The Morgan fingerprint density at radius 2 is 2.11 bits per heavy atom. The number of nitrogens with zero attached hydrogens (tertiary/aromatic N) is 5. The first kappa shape index (κ1) is 13.5. The van der Waals surface area contributed by atoms with E-state index in [2.05, 4.69) is 15.0 Å². The maximum Gasteiger partial charge on any atom is 0.228 e. The van der Waals surface area contributed by atoms with Crippen molar-refractivity contribution in [3.63, 3.8) is 0 Å². The van der Waals surface area contributed by atoms with Crippen LogP contribution in [-0.2, 0) is 11.3 Å². The quantitative estimate of drug-likeness (QED) is 0.781. The highest BCUT2D eigenvalue weighted by molar-refractivity contribution is 5.82. The molecule has 0 aliphatic heterocycles. The molecular weight excluding hydrogens is 244 g/mol. The highest BCUT2D eigenvalue weighted by Gasteiger charge is 2.11. The molecule has 2 aromatic rings. The number of methoxy groups -OCH3 is 1. The second-order valence-corrected chi connectivity index (χ2v) is 4.61. The number of unbranched alkanes of at least 4 members (excludes halogenated alkanes) is 1. The summed E-state index contributed by atoms with van der Waals surface area (Å²) < 4.78 is 7.05. The minimum atomic E-state index is 0.421. The molecule has 0 saturated heterocycles. The van der Waals surface area contributed by atoms with Gasteiger partial charge in [0.25, 0.3) is 0 Å². The van der Waals surface area contributed by atoms with Crippen molar-refractivity contribution in [3.05, 3.63) is 6.33 Å². The number of aromatic nitrogens is 4. The van der Waals surface area contributed by atoms with Gasteiger partial charge in [0.2, 0.25) is 5.95 Å². The van der Waals surface area contributed by atoms with E-state index in [4.69, 9.17) is 10.5 Å². The smallest absolute Gasteiger partial charge is 0.228 e. The molecule has 0 aliphatic carbocycles. The molecule has 0 bridgehead atoms. The van der Waals surface area contributed by atoms with E-state index in [1.54, 1.807) is 13.4 Å². The van der Waals surface area contributed by atoms with E-state index in [0.29, 0.717) is 17.3 Å². The van der Waals surface area contributed by atoms with Crippen LogP contribution in [0, 0.1) is 0 Å². The van der Waals surface area contributed by atoms with Crippen LogP contribution >= 0.6 is 0 Å². The number of ether oxygens (including phenoxy) is 1. The Labute approximate surface area is 112 Å². The molecule has 19 heavy (non-hydrogen) atoms. The summed E-state index contributed by atoms with van der Waals surface area (Å²) in [6.45, 7) is 1.62. The number of hydrogen-bond donors (Lipinski definition) is 1. The summed E-state index contributed by atoms with van der Waals surface area (Å²) >= 11 is 0. The fourth-order valence-electron chi connectivity index (χ4n) is 1.85. The van der Waals surface area contributed by atoms with Crippen LogP contribution in [0.1, 0.15) is 12.8 Å². The van der Waals surface area contributed by atoms with Crippen LogP contribution in [0.5, 0.6) is 0 Å². The van der Waals surface area contributed by atoms with Gasteiger partial charge in [-0.25, -0.2) is 4.98 Å². The van der Waals surface area contributed by atoms with E-state index in [1.165, 1.54) is 0 Å². The van der Waals surface area contributed by atoms with Crippen molar-refractivity contribution in [2.75, 3.05) is 38.4 Å². The van der Waals surface area contributed by atoms with Gasteiger partial charge in [-0.3, -0.25) is 0 Å². The van der Waals surface area contributed by atoms with E-state index in [-0.39, 0.29) is 0 Å². The molecule has 7 heteroatoms. The average Bonchev–Trinajstić information content (AvgIpc) is 2.78. The number of anilines is 2. The molecule has 2 N–H and O–H groups in total. The number of nitrogen functional groups attached to an aromatic ring is 1. The Bertz CT molecular complexity index is 550. The van der Waals surface area contributed by atoms with Crippen LogP contribution in [0.4, 0.5) is 11.8 Å². The van der Waals surface area contributed by atoms with Crippen molar-refractivity contribution in [1.82, 2.24) is 19.5 Å². The van der Waals surface area contributed by atoms with Crippen molar-refractivity contribution < 1.29 is 4.74 Å². The molecule has 0 fully saturated rings. The van der Waals surface area contributed by atoms with Crippen molar-refractivity contribution >= 4 is 22.9 Å². The van der Waals surface area contributed by atoms with Crippen molar-refractivity contribution in [3.8, 4) is 0 Å². The number of rotatable bonds is 6. The summed E-state index contributed by atoms with van der Waals surface area (Å²) in [5.41, 5.74) is 7.36. The number of nitrogens with two attached hydrogens (primary N) is 1. The first-order valence-electron chi connectivity index (χ1n) is 6.28. The zero-order valence-corrected chi connectivity index (χ0v) is 11.6. The zero-order valence-electron chi connectivity index (χ0n) is 11.6. The number of aryl methyl sites for hydroxylation is 1. The average molecular weight is 264 g/mol. The molecule has 0 saturated carbocycles. The topological polar surface area (TPSA) is 82.1 Å². The summed E-state index contributed by atoms with van der Waals surface area (Å²) in [7, 11) is 5.49. The maximum atomic E-state index is 5.91. The standard InChI is InChI=1S/C12H20N6O/c1-17(2)12-15-10(13)9-11(16-12)18(8-14-9)6-4-5-7-19-3/h8H,4-7H2,1-3H3,(H2,13,15,16). The predicted octanol–water partition coefficient (Wildman–Crippen LogP) is 0.901. The molecule has 2 heterocycles. The Hall–Kier alpha value is -1.89. The molecule has 0 spiro atoms. The second kappa shape index (κ2) is 5.83. The first-order chi connectivity index (χ1) is 9.13. The fraction of sp³-hybridized carbons (Fsp3) is 0.583. The first-order valence-corrected chi connectivity index (χ1v) is 6.28. The van der Waals surface area contributed by atoms with Gasteiger partial charge >= 0.3 is 0 Å². The van der Waals surface area contributed by atoms with Crippen LogP contribution in [0.15, 0.2) is 6.33 Å². The fourth-order valence-corrected chi connectivity index (χ4v) is 1.85. The van der Waals surface area contributed by atoms with Crippen molar-refractivity contribution in [2.24, 2.45) is 0 Å². The van der Waals surface area contributed by atoms with Crippen LogP contribution in [0.25, 0.3) is 11.2 Å². The Morgan fingerprint density at radius 1 is 1.32 bits per heavy atom. The maximum absolute atomic E-state index is 5.91. The van der Waals surface area contributed by atoms with Gasteiger partial charge in [-0.2, -0.15) is 9.97 Å². The lowest BCUT2D eigenvalue weighted by molar-refractivity contribution is 0.191. The normalized spacial score (nSPS) is 11.1. The number of fused-ring (bicyclic) bond motifs is 1.